The second-order valence-electron chi connectivity index (χ2n) is 7.22. The normalized spacial score (nSPS) is 20.4. The molecule has 1 aliphatic rings. The van der Waals surface area contributed by atoms with Gasteiger partial charge in [-0.3, -0.25) is 4.40 Å². The summed E-state index contributed by atoms with van der Waals surface area (Å²) in [5.41, 5.74) is 9.59. The first-order valence-electron chi connectivity index (χ1n) is 9.32. The van der Waals surface area contributed by atoms with Crippen LogP contribution in [0.15, 0.2) is 42.9 Å². The van der Waals surface area contributed by atoms with E-state index in [0.717, 1.165) is 59.3 Å². The van der Waals surface area contributed by atoms with Crippen molar-refractivity contribution < 1.29 is 0 Å². The predicted molar refractivity (Wildman–Crippen MR) is 109 cm³/mol. The van der Waals surface area contributed by atoms with E-state index in [-0.39, 0.29) is 0 Å². The Hall–Kier alpha value is -2.57. The van der Waals surface area contributed by atoms with Crippen LogP contribution in [-0.4, -0.2) is 31.4 Å². The number of aromatic nitrogens is 4. The molecular formula is C20H21ClN6. The number of hydrogen-bond donors (Lipinski definition) is 3. The number of rotatable bonds is 3. The Balaban J connectivity index is 1.62. The summed E-state index contributed by atoms with van der Waals surface area (Å²) in [5.74, 6) is 0.769. The molecule has 138 valence electrons. The summed E-state index contributed by atoms with van der Waals surface area (Å²) in [7, 11) is 0. The molecular weight excluding hydrogens is 360 g/mol. The highest BCUT2D eigenvalue weighted by molar-refractivity contribution is 6.32. The van der Waals surface area contributed by atoms with Crippen LogP contribution < -0.4 is 11.1 Å². The van der Waals surface area contributed by atoms with Gasteiger partial charge in [0.2, 0.25) is 0 Å². The fraction of sp³-hybridized carbons (Fsp3) is 0.300. The first-order valence-corrected chi connectivity index (χ1v) is 9.69. The largest absolute Gasteiger partial charge is 0.364 e. The van der Waals surface area contributed by atoms with Gasteiger partial charge in [0.1, 0.15) is 10.8 Å². The Morgan fingerprint density at radius 2 is 2.00 bits per heavy atom. The van der Waals surface area contributed by atoms with Gasteiger partial charge >= 0.3 is 0 Å². The molecule has 3 heterocycles. The number of nitrogens with one attached hydrogen (secondary N) is 2. The van der Waals surface area contributed by atoms with Crippen molar-refractivity contribution in [3.8, 4) is 11.3 Å². The zero-order valence-corrected chi connectivity index (χ0v) is 15.6. The van der Waals surface area contributed by atoms with Crippen LogP contribution in [0, 0.1) is 0 Å². The van der Waals surface area contributed by atoms with Crippen LogP contribution in [0.1, 0.15) is 25.7 Å². The van der Waals surface area contributed by atoms with E-state index in [9.17, 15) is 0 Å². The molecule has 0 atom stereocenters. The predicted octanol–water partition coefficient (Wildman–Crippen LogP) is 4.21. The van der Waals surface area contributed by atoms with Gasteiger partial charge in [-0.25, -0.2) is 9.97 Å². The lowest BCUT2D eigenvalue weighted by molar-refractivity contribution is 0.410. The van der Waals surface area contributed by atoms with Gasteiger partial charge in [0, 0.05) is 47.1 Å². The molecule has 27 heavy (non-hydrogen) atoms. The van der Waals surface area contributed by atoms with Gasteiger partial charge in [-0.2, -0.15) is 0 Å². The van der Waals surface area contributed by atoms with Gasteiger partial charge < -0.3 is 16.0 Å². The van der Waals surface area contributed by atoms with Crippen molar-refractivity contribution in [1.29, 1.82) is 0 Å². The van der Waals surface area contributed by atoms with E-state index in [1.54, 1.807) is 6.20 Å². The van der Waals surface area contributed by atoms with E-state index >= 15 is 0 Å². The highest BCUT2D eigenvalue weighted by Crippen LogP contribution is 2.35. The van der Waals surface area contributed by atoms with Crippen LogP contribution in [0.25, 0.3) is 27.8 Å². The Morgan fingerprint density at radius 3 is 2.85 bits per heavy atom. The molecule has 1 saturated carbocycles. The van der Waals surface area contributed by atoms with Crippen molar-refractivity contribution >= 4 is 34.0 Å². The number of H-pyrrole nitrogens is 1. The number of halogens is 1. The summed E-state index contributed by atoms with van der Waals surface area (Å²) < 4.78 is 1.89. The number of anilines is 1. The van der Waals surface area contributed by atoms with E-state index in [1.165, 1.54) is 0 Å². The van der Waals surface area contributed by atoms with Crippen molar-refractivity contribution in [2.75, 3.05) is 5.32 Å². The molecule has 0 unspecified atom stereocenters. The molecule has 1 aromatic carbocycles. The topological polar surface area (TPSA) is 84.0 Å². The van der Waals surface area contributed by atoms with Crippen molar-refractivity contribution in [1.82, 2.24) is 19.4 Å². The minimum Gasteiger partial charge on any atom is -0.364 e. The molecule has 3 aromatic heterocycles. The Morgan fingerprint density at radius 1 is 1.19 bits per heavy atom. The molecule has 0 radical (unpaired) electrons. The summed E-state index contributed by atoms with van der Waals surface area (Å²) >= 11 is 6.71. The second kappa shape index (κ2) is 6.55. The summed E-state index contributed by atoms with van der Waals surface area (Å²) in [6.45, 7) is 0. The first-order chi connectivity index (χ1) is 13.2. The minimum atomic E-state index is 0.314. The summed E-state index contributed by atoms with van der Waals surface area (Å²) in [4.78, 5) is 12.7. The average Bonchev–Trinajstić information content (AvgIpc) is 3.33. The molecule has 4 aromatic rings. The van der Waals surface area contributed by atoms with Crippen LogP contribution in [0.4, 0.5) is 5.82 Å². The maximum absolute atomic E-state index is 6.71. The van der Waals surface area contributed by atoms with Gasteiger partial charge in [0.25, 0.3) is 0 Å². The lowest BCUT2D eigenvalue weighted by Crippen LogP contribution is -2.33. The van der Waals surface area contributed by atoms with E-state index in [4.69, 9.17) is 22.3 Å². The zero-order chi connectivity index (χ0) is 18.4. The smallest absolute Gasteiger partial charge is 0.181 e. The summed E-state index contributed by atoms with van der Waals surface area (Å²) in [6, 6.07) is 8.83. The quantitative estimate of drug-likeness (QED) is 0.497. The van der Waals surface area contributed by atoms with E-state index < -0.39 is 0 Å². The summed E-state index contributed by atoms with van der Waals surface area (Å²) in [5, 5.41) is 5.25. The van der Waals surface area contributed by atoms with Crippen molar-refractivity contribution in [2.45, 2.75) is 37.8 Å². The van der Waals surface area contributed by atoms with Gasteiger partial charge in [-0.1, -0.05) is 29.8 Å². The highest BCUT2D eigenvalue weighted by Gasteiger charge is 2.22. The Labute approximate surface area is 161 Å². The van der Waals surface area contributed by atoms with Gasteiger partial charge in [0.05, 0.1) is 0 Å². The lowest BCUT2D eigenvalue weighted by Gasteiger charge is -2.27. The highest BCUT2D eigenvalue weighted by atomic mass is 35.5. The van der Waals surface area contributed by atoms with Crippen LogP contribution in [0.5, 0.6) is 0 Å². The number of para-hydroxylation sites is 1. The Bertz CT molecular complexity index is 1110. The van der Waals surface area contributed by atoms with Crippen molar-refractivity contribution in [2.24, 2.45) is 5.73 Å². The third-order valence-electron chi connectivity index (χ3n) is 5.44. The molecule has 0 aliphatic heterocycles. The molecule has 6 nitrogen and oxygen atoms in total. The van der Waals surface area contributed by atoms with Crippen LogP contribution in [0.3, 0.4) is 0 Å². The third kappa shape index (κ3) is 2.85. The molecule has 5 rings (SSSR count). The number of hydrogen-bond acceptors (Lipinski definition) is 4. The van der Waals surface area contributed by atoms with Gasteiger partial charge in [-0.05, 0) is 31.7 Å². The summed E-state index contributed by atoms with van der Waals surface area (Å²) in [6.07, 6.45) is 9.74. The molecule has 1 aliphatic carbocycles. The van der Waals surface area contributed by atoms with Crippen LogP contribution in [0.2, 0.25) is 5.15 Å². The zero-order valence-electron chi connectivity index (χ0n) is 14.8. The molecule has 0 spiro atoms. The molecule has 4 N–H and O–H groups in total. The first kappa shape index (κ1) is 16.6. The maximum atomic E-state index is 6.71. The van der Waals surface area contributed by atoms with E-state index in [2.05, 4.69) is 21.4 Å². The fourth-order valence-electron chi connectivity index (χ4n) is 3.95. The maximum Gasteiger partial charge on any atom is 0.181 e. The standard InChI is InChI=1S/C20H21ClN6/c21-18-17(15-11-24-16-4-2-1-3-14(15)16)26-19(20-23-9-10-27(18)20)25-13-7-5-12(22)6-8-13/h1-4,9-13,24H,5-8,22H2,(H,25,26). The number of benzene rings is 1. The number of aromatic amines is 1. The van der Waals surface area contributed by atoms with E-state index in [1.807, 2.05) is 35.0 Å². The monoisotopic (exact) mass is 380 g/mol. The van der Waals surface area contributed by atoms with Crippen molar-refractivity contribution in [3.05, 3.63) is 48.0 Å². The third-order valence-corrected chi connectivity index (χ3v) is 5.80. The van der Waals surface area contributed by atoms with Crippen molar-refractivity contribution in [3.63, 3.8) is 0 Å². The van der Waals surface area contributed by atoms with E-state index in [0.29, 0.717) is 17.2 Å². The number of imidazole rings is 1. The lowest BCUT2D eigenvalue weighted by atomic mass is 9.92. The van der Waals surface area contributed by atoms with Gasteiger partial charge in [0.15, 0.2) is 11.5 Å². The van der Waals surface area contributed by atoms with Gasteiger partial charge in [-0.15, -0.1) is 0 Å². The van der Waals surface area contributed by atoms with Crippen LogP contribution in [-0.2, 0) is 0 Å². The molecule has 0 bridgehead atoms. The number of fused-ring (bicyclic) bond motifs is 2. The Kier molecular flexibility index (Phi) is 4.02. The fourth-order valence-corrected chi connectivity index (χ4v) is 4.23. The average molecular weight is 381 g/mol. The minimum absolute atomic E-state index is 0.314. The number of nitrogens with two attached hydrogens (primary N) is 1. The molecule has 0 saturated heterocycles. The SMILES string of the molecule is NC1CCC(Nc2nc(-c3c[nH]c4ccccc34)c(Cl)n3ccnc23)CC1. The second-order valence-corrected chi connectivity index (χ2v) is 7.58. The molecule has 1 fully saturated rings. The number of nitrogens with zero attached hydrogens (tertiary/aromatic N) is 3. The van der Waals surface area contributed by atoms with Crippen LogP contribution >= 0.6 is 11.6 Å². The molecule has 0 amide bonds. The molecule has 7 heteroatoms.